The molecule has 1 aromatic heterocycles. The van der Waals surface area contributed by atoms with Crippen LogP contribution in [0.2, 0.25) is 0 Å². The van der Waals surface area contributed by atoms with E-state index in [9.17, 15) is 5.11 Å². The molecular weight excluding hydrogens is 158 g/mol. The van der Waals surface area contributed by atoms with Gasteiger partial charge >= 0.3 is 0 Å². The molecule has 1 aliphatic rings. The van der Waals surface area contributed by atoms with Gasteiger partial charge in [0.25, 0.3) is 0 Å². The average Bonchev–Trinajstić information content (AvgIpc) is 2.76. The Bertz CT molecular complexity index is 265. The Balaban J connectivity index is 2.28. The SMILES string of the molecule is NCc1sc(C2CC2)cc1O. The average molecular weight is 169 g/mol. The van der Waals surface area contributed by atoms with Crippen LogP contribution in [0.5, 0.6) is 5.75 Å². The van der Waals surface area contributed by atoms with Gasteiger partial charge in [-0.15, -0.1) is 11.3 Å². The molecule has 0 aromatic carbocycles. The van der Waals surface area contributed by atoms with Crippen LogP contribution in [0.15, 0.2) is 6.07 Å². The Morgan fingerprint density at radius 2 is 2.36 bits per heavy atom. The quantitative estimate of drug-likeness (QED) is 0.709. The van der Waals surface area contributed by atoms with E-state index >= 15 is 0 Å². The van der Waals surface area contributed by atoms with Gasteiger partial charge in [-0.2, -0.15) is 0 Å². The third-order valence-corrected chi connectivity index (χ3v) is 3.28. The number of hydrogen-bond donors (Lipinski definition) is 2. The fourth-order valence-corrected chi connectivity index (χ4v) is 2.26. The van der Waals surface area contributed by atoms with Crippen molar-refractivity contribution in [2.45, 2.75) is 25.3 Å². The van der Waals surface area contributed by atoms with Gasteiger partial charge in [0.15, 0.2) is 0 Å². The van der Waals surface area contributed by atoms with Crippen LogP contribution in [0.3, 0.4) is 0 Å². The molecule has 1 aliphatic carbocycles. The standard InChI is InChI=1S/C8H11NOS/c9-4-8-6(10)3-7(11-8)5-1-2-5/h3,5,10H,1-2,4,9H2. The number of nitrogens with two attached hydrogens (primary N) is 1. The number of hydrogen-bond acceptors (Lipinski definition) is 3. The molecule has 11 heavy (non-hydrogen) atoms. The van der Waals surface area contributed by atoms with E-state index in [1.54, 1.807) is 11.3 Å². The first-order valence-corrected chi connectivity index (χ1v) is 4.64. The molecule has 2 nitrogen and oxygen atoms in total. The highest BCUT2D eigenvalue weighted by Crippen LogP contribution is 2.45. The minimum Gasteiger partial charge on any atom is -0.507 e. The van der Waals surface area contributed by atoms with E-state index in [-0.39, 0.29) is 0 Å². The first-order valence-electron chi connectivity index (χ1n) is 3.83. The topological polar surface area (TPSA) is 46.2 Å². The Morgan fingerprint density at radius 1 is 1.64 bits per heavy atom. The van der Waals surface area contributed by atoms with Crippen LogP contribution in [-0.4, -0.2) is 5.11 Å². The van der Waals surface area contributed by atoms with Gasteiger partial charge in [-0.1, -0.05) is 0 Å². The summed E-state index contributed by atoms with van der Waals surface area (Å²) in [6.45, 7) is 0.462. The van der Waals surface area contributed by atoms with Crippen molar-refractivity contribution in [1.82, 2.24) is 0 Å². The van der Waals surface area contributed by atoms with E-state index in [1.807, 2.05) is 6.07 Å². The monoisotopic (exact) mass is 169 g/mol. The van der Waals surface area contributed by atoms with Crippen LogP contribution in [0.1, 0.15) is 28.5 Å². The zero-order valence-corrected chi connectivity index (χ0v) is 7.03. The molecule has 2 rings (SSSR count). The van der Waals surface area contributed by atoms with Crippen LogP contribution < -0.4 is 5.73 Å². The Labute approximate surface area is 69.7 Å². The minimum atomic E-state index is 0.388. The number of aromatic hydroxyl groups is 1. The molecule has 0 radical (unpaired) electrons. The largest absolute Gasteiger partial charge is 0.507 e. The van der Waals surface area contributed by atoms with Crippen molar-refractivity contribution in [3.05, 3.63) is 15.8 Å². The summed E-state index contributed by atoms with van der Waals surface area (Å²) >= 11 is 1.66. The lowest BCUT2D eigenvalue weighted by Crippen LogP contribution is -1.91. The summed E-state index contributed by atoms with van der Waals surface area (Å²) in [6.07, 6.45) is 2.56. The van der Waals surface area contributed by atoms with Crippen LogP contribution in [0, 0.1) is 0 Å². The molecule has 3 heteroatoms. The zero-order chi connectivity index (χ0) is 7.84. The molecule has 0 bridgehead atoms. The van der Waals surface area contributed by atoms with Gasteiger partial charge in [0.1, 0.15) is 5.75 Å². The minimum absolute atomic E-state index is 0.388. The molecular formula is C8H11NOS. The van der Waals surface area contributed by atoms with Crippen molar-refractivity contribution >= 4 is 11.3 Å². The predicted molar refractivity (Wildman–Crippen MR) is 45.9 cm³/mol. The third-order valence-electron chi connectivity index (χ3n) is 1.97. The van der Waals surface area contributed by atoms with Gasteiger partial charge in [0.2, 0.25) is 0 Å². The summed E-state index contributed by atoms with van der Waals surface area (Å²) < 4.78 is 0. The fourth-order valence-electron chi connectivity index (χ4n) is 1.15. The van der Waals surface area contributed by atoms with Crippen molar-refractivity contribution in [1.29, 1.82) is 0 Å². The summed E-state index contributed by atoms with van der Waals surface area (Å²) in [5.41, 5.74) is 5.43. The first-order chi connectivity index (χ1) is 5.31. The molecule has 60 valence electrons. The molecule has 0 amide bonds. The van der Waals surface area contributed by atoms with Crippen molar-refractivity contribution < 1.29 is 5.11 Å². The van der Waals surface area contributed by atoms with Gasteiger partial charge in [-0.25, -0.2) is 0 Å². The highest BCUT2D eigenvalue weighted by molar-refractivity contribution is 7.12. The highest BCUT2D eigenvalue weighted by Gasteiger charge is 2.26. The van der Waals surface area contributed by atoms with Crippen LogP contribution >= 0.6 is 11.3 Å². The Hall–Kier alpha value is -0.540. The maximum Gasteiger partial charge on any atom is 0.131 e. The Kier molecular flexibility index (Phi) is 1.62. The normalized spacial score (nSPS) is 17.2. The van der Waals surface area contributed by atoms with Crippen LogP contribution in [-0.2, 0) is 6.54 Å². The molecule has 3 N–H and O–H groups in total. The molecule has 0 aliphatic heterocycles. The van der Waals surface area contributed by atoms with Crippen molar-refractivity contribution in [3.63, 3.8) is 0 Å². The summed E-state index contributed by atoms with van der Waals surface area (Å²) in [4.78, 5) is 2.23. The van der Waals surface area contributed by atoms with Gasteiger partial charge < -0.3 is 10.8 Å². The smallest absolute Gasteiger partial charge is 0.131 e. The molecule has 1 aromatic rings. The van der Waals surface area contributed by atoms with Crippen LogP contribution in [0.4, 0.5) is 0 Å². The van der Waals surface area contributed by atoms with Crippen molar-refractivity contribution in [2.75, 3.05) is 0 Å². The summed E-state index contributed by atoms with van der Waals surface area (Å²) in [7, 11) is 0. The van der Waals surface area contributed by atoms with Gasteiger partial charge in [-0.05, 0) is 24.8 Å². The third kappa shape index (κ3) is 1.26. The Morgan fingerprint density at radius 3 is 2.82 bits per heavy atom. The fraction of sp³-hybridized carbons (Fsp3) is 0.500. The molecule has 1 saturated carbocycles. The second-order valence-corrected chi connectivity index (χ2v) is 4.10. The lowest BCUT2D eigenvalue weighted by atomic mass is 10.3. The van der Waals surface area contributed by atoms with Crippen LogP contribution in [0.25, 0.3) is 0 Å². The molecule has 0 atom stereocenters. The molecule has 0 unspecified atom stereocenters. The molecule has 1 heterocycles. The second-order valence-electron chi connectivity index (χ2n) is 2.94. The summed E-state index contributed by atoms with van der Waals surface area (Å²) in [5.74, 6) is 1.12. The van der Waals surface area contributed by atoms with E-state index in [1.165, 1.54) is 17.7 Å². The lowest BCUT2D eigenvalue weighted by Gasteiger charge is -1.87. The van der Waals surface area contributed by atoms with E-state index in [2.05, 4.69) is 0 Å². The maximum atomic E-state index is 9.34. The van der Waals surface area contributed by atoms with Crippen molar-refractivity contribution in [2.24, 2.45) is 5.73 Å². The highest BCUT2D eigenvalue weighted by atomic mass is 32.1. The summed E-state index contributed by atoms with van der Waals surface area (Å²) in [6, 6.07) is 1.87. The number of thiophene rings is 1. The zero-order valence-electron chi connectivity index (χ0n) is 6.21. The molecule has 0 saturated heterocycles. The molecule has 0 spiro atoms. The second kappa shape index (κ2) is 2.50. The number of rotatable bonds is 2. The van der Waals surface area contributed by atoms with E-state index < -0.39 is 0 Å². The van der Waals surface area contributed by atoms with Gasteiger partial charge in [0.05, 0.1) is 4.88 Å². The van der Waals surface area contributed by atoms with E-state index in [0.717, 1.165) is 10.8 Å². The van der Waals surface area contributed by atoms with Gasteiger partial charge in [0, 0.05) is 11.4 Å². The lowest BCUT2D eigenvalue weighted by molar-refractivity contribution is 0.471. The predicted octanol–water partition coefficient (Wildman–Crippen LogP) is 1.79. The van der Waals surface area contributed by atoms with E-state index in [0.29, 0.717) is 12.3 Å². The van der Waals surface area contributed by atoms with Gasteiger partial charge in [-0.3, -0.25) is 0 Å². The molecule has 1 fully saturated rings. The van der Waals surface area contributed by atoms with Crippen molar-refractivity contribution in [3.8, 4) is 5.75 Å². The maximum absolute atomic E-state index is 9.34. The first kappa shape index (κ1) is 7.13. The van der Waals surface area contributed by atoms with E-state index in [4.69, 9.17) is 5.73 Å². The summed E-state index contributed by atoms with van der Waals surface area (Å²) in [5, 5.41) is 9.34.